The zero-order chi connectivity index (χ0) is 8.77. The van der Waals surface area contributed by atoms with Crippen molar-refractivity contribution in [1.82, 2.24) is 10.2 Å². The van der Waals surface area contributed by atoms with Gasteiger partial charge in [0.1, 0.15) is 0 Å². The zero-order valence-electron chi connectivity index (χ0n) is 7.00. The van der Waals surface area contributed by atoms with Crippen molar-refractivity contribution in [3.8, 4) is 0 Å². The molecule has 0 radical (unpaired) electrons. The van der Waals surface area contributed by atoms with Crippen LogP contribution in [0.25, 0.3) is 0 Å². The summed E-state index contributed by atoms with van der Waals surface area (Å²) in [5.41, 5.74) is 4.85. The molecule has 0 bridgehead atoms. The Hall–Kier alpha value is -1.10. The van der Waals surface area contributed by atoms with E-state index in [9.17, 15) is 4.79 Å². The molecular formula is C7H12N4O. The van der Waals surface area contributed by atoms with Crippen LogP contribution in [0, 0.1) is 0 Å². The molecular weight excluding hydrogens is 156 g/mol. The number of guanidine groups is 1. The fourth-order valence-corrected chi connectivity index (χ4v) is 1.80. The maximum Gasteiger partial charge on any atom is 0.256 e. The van der Waals surface area contributed by atoms with Crippen molar-refractivity contribution < 1.29 is 4.79 Å². The van der Waals surface area contributed by atoms with Crippen LogP contribution >= 0.6 is 0 Å². The van der Waals surface area contributed by atoms with Crippen molar-refractivity contribution in [2.75, 3.05) is 20.1 Å². The average molecular weight is 168 g/mol. The van der Waals surface area contributed by atoms with Gasteiger partial charge in [0.05, 0.1) is 0 Å². The van der Waals surface area contributed by atoms with E-state index >= 15 is 0 Å². The smallest absolute Gasteiger partial charge is 0.256 e. The highest BCUT2D eigenvalue weighted by Crippen LogP contribution is 2.27. The van der Waals surface area contributed by atoms with Gasteiger partial charge in [0, 0.05) is 13.1 Å². The van der Waals surface area contributed by atoms with E-state index < -0.39 is 5.54 Å². The molecule has 1 saturated heterocycles. The lowest BCUT2D eigenvalue weighted by molar-refractivity contribution is -0.123. The van der Waals surface area contributed by atoms with Crippen molar-refractivity contribution in [3.05, 3.63) is 0 Å². The lowest BCUT2D eigenvalue weighted by atomic mass is 10.00. The topological polar surface area (TPSA) is 70.7 Å². The molecule has 0 aromatic heterocycles. The van der Waals surface area contributed by atoms with Crippen LogP contribution in [0.5, 0.6) is 0 Å². The average Bonchev–Trinajstić information content (AvgIpc) is 2.43. The second-order valence-electron chi connectivity index (χ2n) is 3.47. The Kier molecular flexibility index (Phi) is 1.38. The number of nitrogens with one attached hydrogen (secondary N) is 1. The van der Waals surface area contributed by atoms with Gasteiger partial charge in [-0.3, -0.25) is 10.1 Å². The van der Waals surface area contributed by atoms with Gasteiger partial charge in [-0.05, 0) is 13.5 Å². The minimum atomic E-state index is -0.571. The van der Waals surface area contributed by atoms with Crippen molar-refractivity contribution in [2.45, 2.75) is 12.0 Å². The van der Waals surface area contributed by atoms with E-state index in [0.717, 1.165) is 13.0 Å². The number of likely N-dealkylation sites (tertiary alicyclic amines) is 1. The lowest BCUT2D eigenvalue weighted by Gasteiger charge is -2.15. The number of carbonyl (C=O) groups excluding carboxylic acids is 1. The molecule has 1 unspecified atom stereocenters. The van der Waals surface area contributed by atoms with Gasteiger partial charge in [0.15, 0.2) is 11.5 Å². The van der Waals surface area contributed by atoms with Crippen LogP contribution in [0.1, 0.15) is 6.42 Å². The molecule has 2 heterocycles. The van der Waals surface area contributed by atoms with Crippen LogP contribution in [0.2, 0.25) is 0 Å². The highest BCUT2D eigenvalue weighted by atomic mass is 16.2. The van der Waals surface area contributed by atoms with Gasteiger partial charge in [-0.1, -0.05) is 0 Å². The first-order valence-corrected chi connectivity index (χ1v) is 3.98. The number of likely N-dealkylation sites (N-methyl/N-ethyl adjacent to an activating group) is 1. The molecule has 5 nitrogen and oxygen atoms in total. The van der Waals surface area contributed by atoms with Crippen molar-refractivity contribution in [2.24, 2.45) is 10.7 Å². The van der Waals surface area contributed by atoms with Gasteiger partial charge in [0.2, 0.25) is 0 Å². The minimum Gasteiger partial charge on any atom is -0.370 e. The third-order valence-corrected chi connectivity index (χ3v) is 2.44. The highest BCUT2D eigenvalue weighted by Gasteiger charge is 2.47. The predicted octanol–water partition coefficient (Wildman–Crippen LogP) is -1.49. The number of aliphatic imine (C=N–C) groups is 1. The number of nitrogens with two attached hydrogens (primary N) is 1. The first-order valence-electron chi connectivity index (χ1n) is 3.98. The number of carbonyl (C=O) groups is 1. The molecule has 0 aromatic carbocycles. The monoisotopic (exact) mass is 168 g/mol. The van der Waals surface area contributed by atoms with Crippen LogP contribution in [0.3, 0.4) is 0 Å². The van der Waals surface area contributed by atoms with Gasteiger partial charge >= 0.3 is 0 Å². The summed E-state index contributed by atoms with van der Waals surface area (Å²) in [6, 6.07) is 0. The van der Waals surface area contributed by atoms with E-state index in [2.05, 4.69) is 15.2 Å². The van der Waals surface area contributed by atoms with Crippen molar-refractivity contribution in [1.29, 1.82) is 0 Å². The van der Waals surface area contributed by atoms with Crippen molar-refractivity contribution >= 4 is 11.9 Å². The number of rotatable bonds is 0. The second-order valence-corrected chi connectivity index (χ2v) is 3.47. The summed E-state index contributed by atoms with van der Waals surface area (Å²) < 4.78 is 0. The van der Waals surface area contributed by atoms with Crippen molar-refractivity contribution in [3.63, 3.8) is 0 Å². The summed E-state index contributed by atoms with van der Waals surface area (Å²) >= 11 is 0. The molecule has 0 aromatic rings. The fraction of sp³-hybridized carbons (Fsp3) is 0.714. The number of amides is 1. The van der Waals surface area contributed by atoms with Gasteiger partial charge in [-0.15, -0.1) is 0 Å². The zero-order valence-corrected chi connectivity index (χ0v) is 7.00. The van der Waals surface area contributed by atoms with Gasteiger partial charge < -0.3 is 10.6 Å². The molecule has 2 aliphatic heterocycles. The van der Waals surface area contributed by atoms with E-state index in [-0.39, 0.29) is 11.9 Å². The normalized spacial score (nSPS) is 35.8. The Bertz CT molecular complexity index is 262. The molecule has 0 aliphatic carbocycles. The summed E-state index contributed by atoms with van der Waals surface area (Å²) in [5.74, 6) is 0.208. The maximum atomic E-state index is 11.4. The van der Waals surface area contributed by atoms with E-state index in [1.165, 1.54) is 0 Å². The Morgan fingerprint density at radius 1 is 1.75 bits per heavy atom. The van der Waals surface area contributed by atoms with Crippen LogP contribution in [0.15, 0.2) is 4.99 Å². The summed E-state index contributed by atoms with van der Waals surface area (Å²) in [6.07, 6.45) is 0.774. The second kappa shape index (κ2) is 2.20. The van der Waals surface area contributed by atoms with Crippen LogP contribution in [-0.2, 0) is 4.79 Å². The highest BCUT2D eigenvalue weighted by molar-refractivity contribution is 6.07. The summed E-state index contributed by atoms with van der Waals surface area (Å²) in [7, 11) is 1.98. The summed E-state index contributed by atoms with van der Waals surface area (Å²) in [5, 5.41) is 2.53. The molecule has 3 N–H and O–H groups in total. The van der Waals surface area contributed by atoms with Gasteiger partial charge in [0.25, 0.3) is 5.91 Å². The minimum absolute atomic E-state index is 0.0515. The Morgan fingerprint density at radius 3 is 2.92 bits per heavy atom. The first kappa shape index (κ1) is 7.54. The van der Waals surface area contributed by atoms with E-state index in [1.807, 2.05) is 7.05 Å². The summed E-state index contributed by atoms with van der Waals surface area (Å²) in [4.78, 5) is 17.6. The molecule has 0 saturated carbocycles. The van der Waals surface area contributed by atoms with Crippen LogP contribution < -0.4 is 11.1 Å². The number of nitrogens with zero attached hydrogens (tertiary/aromatic N) is 2. The Labute approximate surface area is 70.6 Å². The third-order valence-electron chi connectivity index (χ3n) is 2.44. The van der Waals surface area contributed by atoms with Crippen LogP contribution in [0.4, 0.5) is 0 Å². The lowest BCUT2D eigenvalue weighted by Crippen LogP contribution is -2.42. The van der Waals surface area contributed by atoms with E-state index in [1.54, 1.807) is 0 Å². The maximum absolute atomic E-state index is 11.4. The SMILES string of the molecule is CN1CCC2(C1)N=C(N)NC2=O. The third kappa shape index (κ3) is 0.896. The number of hydrogen-bond donors (Lipinski definition) is 2. The largest absolute Gasteiger partial charge is 0.370 e. The van der Waals surface area contributed by atoms with E-state index in [0.29, 0.717) is 6.54 Å². The van der Waals surface area contributed by atoms with Gasteiger partial charge in [-0.2, -0.15) is 0 Å². The van der Waals surface area contributed by atoms with E-state index in [4.69, 9.17) is 5.73 Å². The predicted molar refractivity (Wildman–Crippen MR) is 44.6 cm³/mol. The molecule has 1 spiro atoms. The Balaban J connectivity index is 2.27. The Morgan fingerprint density at radius 2 is 2.50 bits per heavy atom. The quantitative estimate of drug-likeness (QED) is 0.462. The van der Waals surface area contributed by atoms with Crippen LogP contribution in [-0.4, -0.2) is 42.4 Å². The molecule has 12 heavy (non-hydrogen) atoms. The fourth-order valence-electron chi connectivity index (χ4n) is 1.80. The molecule has 1 atom stereocenters. The van der Waals surface area contributed by atoms with Gasteiger partial charge in [-0.25, -0.2) is 4.99 Å². The summed E-state index contributed by atoms with van der Waals surface area (Å²) in [6.45, 7) is 1.59. The molecule has 5 heteroatoms. The number of hydrogen-bond acceptors (Lipinski definition) is 4. The molecule has 1 fully saturated rings. The standard InChI is InChI=1S/C7H12N4O/c1-11-3-2-7(4-11)5(12)9-6(8)10-7/h2-4H2,1H3,(H3,8,9,10,12). The molecule has 2 rings (SSSR count). The molecule has 66 valence electrons. The molecule has 1 amide bonds. The first-order chi connectivity index (χ1) is 5.62. The molecule has 2 aliphatic rings.